The van der Waals surface area contributed by atoms with Crippen LogP contribution in [0, 0.1) is 5.92 Å². The summed E-state index contributed by atoms with van der Waals surface area (Å²) in [7, 11) is 2.06. The van der Waals surface area contributed by atoms with Gasteiger partial charge in [0.15, 0.2) is 0 Å². The Hall–Kier alpha value is -0.510. The van der Waals surface area contributed by atoms with Crippen molar-refractivity contribution < 1.29 is 0 Å². The highest BCUT2D eigenvalue weighted by Gasteiger charge is 2.19. The molecule has 0 aromatic heterocycles. The van der Waals surface area contributed by atoms with E-state index in [1.165, 1.54) is 36.4 Å². The van der Waals surface area contributed by atoms with Crippen molar-refractivity contribution in [1.29, 1.82) is 0 Å². The molecule has 0 spiro atoms. The molecule has 1 aromatic rings. The molecule has 100 valence electrons. The Labute approximate surface area is 115 Å². The third-order valence-corrected chi connectivity index (χ3v) is 4.40. The summed E-state index contributed by atoms with van der Waals surface area (Å²) in [6.07, 6.45) is 4.85. The fraction of sp³-hybridized carbons (Fsp3) is 0.600. The van der Waals surface area contributed by atoms with Gasteiger partial charge in [-0.15, -0.1) is 11.8 Å². The molecule has 0 amide bonds. The van der Waals surface area contributed by atoms with Gasteiger partial charge in [-0.2, -0.15) is 0 Å². The maximum absolute atomic E-state index is 3.31. The topological polar surface area (TPSA) is 15.3 Å². The first-order valence-electron chi connectivity index (χ1n) is 6.81. The summed E-state index contributed by atoms with van der Waals surface area (Å²) in [5.41, 5.74) is 1.44. The normalized spacial score (nSPS) is 21.1. The van der Waals surface area contributed by atoms with E-state index in [2.05, 4.69) is 47.8 Å². The van der Waals surface area contributed by atoms with Crippen molar-refractivity contribution in [1.82, 2.24) is 10.2 Å². The molecule has 0 radical (unpaired) electrons. The molecule has 1 fully saturated rings. The van der Waals surface area contributed by atoms with Gasteiger partial charge in [0.1, 0.15) is 0 Å². The average Bonchev–Trinajstić information content (AvgIpc) is 2.40. The molecule has 1 aliphatic rings. The van der Waals surface area contributed by atoms with Crippen LogP contribution < -0.4 is 5.32 Å². The number of hydrogen-bond donors (Lipinski definition) is 1. The summed E-state index contributed by atoms with van der Waals surface area (Å²) >= 11 is 1.81. The Balaban J connectivity index is 1.87. The molecular weight excluding hydrogens is 240 g/mol. The second kappa shape index (κ2) is 7.17. The number of likely N-dealkylation sites (tertiary alicyclic amines) is 1. The molecule has 3 heteroatoms. The second-order valence-corrected chi connectivity index (χ2v) is 6.03. The molecule has 2 rings (SSSR count). The lowest BCUT2D eigenvalue weighted by Crippen LogP contribution is -2.38. The van der Waals surface area contributed by atoms with Gasteiger partial charge in [-0.3, -0.25) is 4.90 Å². The minimum absolute atomic E-state index is 0.828. The van der Waals surface area contributed by atoms with Gasteiger partial charge < -0.3 is 5.32 Å². The first-order valence-corrected chi connectivity index (χ1v) is 8.04. The summed E-state index contributed by atoms with van der Waals surface area (Å²) in [5.74, 6) is 0.828. The molecule has 1 heterocycles. The van der Waals surface area contributed by atoms with Gasteiger partial charge in [0.2, 0.25) is 0 Å². The van der Waals surface area contributed by atoms with E-state index < -0.39 is 0 Å². The lowest BCUT2D eigenvalue weighted by molar-refractivity contribution is 0.167. The van der Waals surface area contributed by atoms with Crippen molar-refractivity contribution in [3.05, 3.63) is 29.8 Å². The van der Waals surface area contributed by atoms with Crippen LogP contribution in [0.2, 0.25) is 0 Å². The number of benzene rings is 1. The van der Waals surface area contributed by atoms with Crippen LogP contribution in [0.5, 0.6) is 0 Å². The molecular formula is C15H24N2S. The molecule has 1 N–H and O–H groups in total. The predicted octanol–water partition coefficient (Wildman–Crippen LogP) is 2.84. The van der Waals surface area contributed by atoms with Crippen LogP contribution in [0.15, 0.2) is 29.2 Å². The van der Waals surface area contributed by atoms with Crippen LogP contribution in [0.4, 0.5) is 0 Å². The van der Waals surface area contributed by atoms with Crippen molar-refractivity contribution in [2.75, 3.05) is 32.9 Å². The zero-order valence-corrected chi connectivity index (χ0v) is 12.3. The maximum Gasteiger partial charge on any atom is 0.0233 e. The van der Waals surface area contributed by atoms with Gasteiger partial charge in [0, 0.05) is 18.0 Å². The Bertz CT molecular complexity index is 348. The molecule has 1 unspecified atom stereocenters. The molecule has 0 bridgehead atoms. The summed E-state index contributed by atoms with van der Waals surface area (Å²) in [6, 6.07) is 9.01. The number of thioether (sulfide) groups is 1. The Morgan fingerprint density at radius 2 is 2.11 bits per heavy atom. The summed E-state index contributed by atoms with van der Waals surface area (Å²) in [4.78, 5) is 3.95. The number of nitrogens with zero attached hydrogens (tertiary/aromatic N) is 1. The minimum atomic E-state index is 0.828. The second-order valence-electron chi connectivity index (χ2n) is 5.15. The monoisotopic (exact) mass is 264 g/mol. The van der Waals surface area contributed by atoms with Crippen molar-refractivity contribution >= 4 is 11.8 Å². The van der Waals surface area contributed by atoms with Crippen LogP contribution in [-0.4, -0.2) is 37.8 Å². The SMILES string of the molecule is CNCC1CCCN(Cc2ccc(SC)cc2)C1. The molecule has 1 aliphatic heterocycles. The van der Waals surface area contributed by atoms with E-state index in [1.807, 2.05) is 11.8 Å². The molecule has 1 atom stereocenters. The highest BCUT2D eigenvalue weighted by atomic mass is 32.2. The van der Waals surface area contributed by atoms with Gasteiger partial charge >= 0.3 is 0 Å². The average molecular weight is 264 g/mol. The van der Waals surface area contributed by atoms with E-state index in [0.29, 0.717) is 0 Å². The Kier molecular flexibility index (Phi) is 5.54. The summed E-state index contributed by atoms with van der Waals surface area (Å²) in [6.45, 7) is 4.76. The summed E-state index contributed by atoms with van der Waals surface area (Å²) < 4.78 is 0. The fourth-order valence-electron chi connectivity index (χ4n) is 2.74. The number of rotatable bonds is 5. The summed E-state index contributed by atoms with van der Waals surface area (Å²) in [5, 5.41) is 3.31. The number of piperidine rings is 1. The van der Waals surface area contributed by atoms with Crippen molar-refractivity contribution in [2.45, 2.75) is 24.3 Å². The first-order chi connectivity index (χ1) is 8.81. The van der Waals surface area contributed by atoms with E-state index in [0.717, 1.165) is 19.0 Å². The molecule has 0 saturated carbocycles. The van der Waals surface area contributed by atoms with Gasteiger partial charge in [-0.1, -0.05) is 12.1 Å². The predicted molar refractivity (Wildman–Crippen MR) is 80.2 cm³/mol. The minimum Gasteiger partial charge on any atom is -0.319 e. The largest absolute Gasteiger partial charge is 0.319 e. The van der Waals surface area contributed by atoms with E-state index in [1.54, 1.807) is 0 Å². The third-order valence-electron chi connectivity index (χ3n) is 3.66. The Morgan fingerprint density at radius 1 is 1.33 bits per heavy atom. The van der Waals surface area contributed by atoms with Crippen molar-refractivity contribution in [3.63, 3.8) is 0 Å². The van der Waals surface area contributed by atoms with Crippen molar-refractivity contribution in [3.8, 4) is 0 Å². The highest BCUT2D eigenvalue weighted by Crippen LogP contribution is 2.20. The quantitative estimate of drug-likeness (QED) is 0.823. The molecule has 1 aromatic carbocycles. The van der Waals surface area contributed by atoms with Crippen LogP contribution in [0.1, 0.15) is 18.4 Å². The van der Waals surface area contributed by atoms with Crippen molar-refractivity contribution in [2.24, 2.45) is 5.92 Å². The Morgan fingerprint density at radius 3 is 2.78 bits per heavy atom. The lowest BCUT2D eigenvalue weighted by atomic mass is 9.97. The highest BCUT2D eigenvalue weighted by molar-refractivity contribution is 7.98. The van der Waals surface area contributed by atoms with E-state index in [-0.39, 0.29) is 0 Å². The number of hydrogen-bond acceptors (Lipinski definition) is 3. The molecule has 2 nitrogen and oxygen atoms in total. The zero-order valence-electron chi connectivity index (χ0n) is 11.5. The number of nitrogens with one attached hydrogen (secondary N) is 1. The van der Waals surface area contributed by atoms with Gasteiger partial charge in [-0.05, 0) is 62.8 Å². The van der Waals surface area contributed by atoms with Gasteiger partial charge in [0.05, 0.1) is 0 Å². The van der Waals surface area contributed by atoms with Gasteiger partial charge in [-0.25, -0.2) is 0 Å². The third kappa shape index (κ3) is 4.01. The zero-order chi connectivity index (χ0) is 12.8. The lowest BCUT2D eigenvalue weighted by Gasteiger charge is -2.32. The van der Waals surface area contributed by atoms with Crippen LogP contribution >= 0.6 is 11.8 Å². The van der Waals surface area contributed by atoms with Crippen LogP contribution in [0.25, 0.3) is 0 Å². The standard InChI is InChI=1S/C15H24N2S/c1-16-10-14-4-3-9-17(12-14)11-13-5-7-15(18-2)8-6-13/h5-8,14,16H,3-4,9-12H2,1-2H3. The van der Waals surface area contributed by atoms with E-state index >= 15 is 0 Å². The van der Waals surface area contributed by atoms with Gasteiger partial charge in [0.25, 0.3) is 0 Å². The van der Waals surface area contributed by atoms with Crippen LogP contribution in [0.3, 0.4) is 0 Å². The maximum atomic E-state index is 3.31. The van der Waals surface area contributed by atoms with E-state index in [4.69, 9.17) is 0 Å². The molecule has 18 heavy (non-hydrogen) atoms. The fourth-order valence-corrected chi connectivity index (χ4v) is 3.15. The molecule has 1 saturated heterocycles. The first kappa shape index (κ1) is 13.9. The molecule has 0 aliphatic carbocycles. The smallest absolute Gasteiger partial charge is 0.0233 e. The van der Waals surface area contributed by atoms with E-state index in [9.17, 15) is 0 Å². The van der Waals surface area contributed by atoms with Crippen LogP contribution in [-0.2, 0) is 6.54 Å².